The number of rotatable bonds is 1. The van der Waals surface area contributed by atoms with Crippen molar-refractivity contribution in [1.82, 2.24) is 14.5 Å². The molecular formula is C13H8N4O. The second-order valence-electron chi connectivity index (χ2n) is 3.77. The fourth-order valence-electron chi connectivity index (χ4n) is 1.89. The van der Waals surface area contributed by atoms with E-state index in [2.05, 4.69) is 9.97 Å². The maximum Gasteiger partial charge on any atom is 0.218 e. The molecule has 0 bridgehead atoms. The second-order valence-corrected chi connectivity index (χ2v) is 3.77. The highest BCUT2D eigenvalue weighted by Gasteiger charge is 2.09. The van der Waals surface area contributed by atoms with E-state index >= 15 is 0 Å². The molecule has 0 saturated heterocycles. The molecule has 0 aliphatic carbocycles. The Bertz CT molecular complexity index is 770. The zero-order valence-electron chi connectivity index (χ0n) is 9.28. The lowest BCUT2D eigenvalue weighted by atomic mass is 10.1. The fourth-order valence-corrected chi connectivity index (χ4v) is 1.89. The van der Waals surface area contributed by atoms with E-state index in [1.165, 1.54) is 0 Å². The number of nitrogens with zero attached hydrogens (tertiary/aromatic N) is 4. The highest BCUT2D eigenvalue weighted by Crippen LogP contribution is 2.24. The van der Waals surface area contributed by atoms with Crippen LogP contribution in [0.3, 0.4) is 0 Å². The molecule has 0 atom stereocenters. The summed E-state index contributed by atoms with van der Waals surface area (Å²) in [5.74, 6) is 1.01. The average molecular weight is 236 g/mol. The van der Waals surface area contributed by atoms with Crippen molar-refractivity contribution in [3.05, 3.63) is 48.7 Å². The number of phenolic OH excluding ortho intramolecular Hbond substituents is 1. The number of imidazole rings is 1. The van der Waals surface area contributed by atoms with Crippen LogP contribution in [0.4, 0.5) is 0 Å². The SMILES string of the molecule is N#Cc1nccn1-c1nccc2ccc(O)cc12. The van der Waals surface area contributed by atoms with Gasteiger partial charge in [0.2, 0.25) is 5.82 Å². The molecule has 5 nitrogen and oxygen atoms in total. The molecule has 2 aromatic heterocycles. The van der Waals surface area contributed by atoms with Crippen molar-refractivity contribution in [3.8, 4) is 17.6 Å². The number of fused-ring (bicyclic) bond motifs is 1. The first-order valence-electron chi connectivity index (χ1n) is 5.31. The van der Waals surface area contributed by atoms with Crippen LogP contribution >= 0.6 is 0 Å². The third-order valence-electron chi connectivity index (χ3n) is 2.70. The van der Waals surface area contributed by atoms with E-state index < -0.39 is 0 Å². The van der Waals surface area contributed by atoms with Crippen molar-refractivity contribution in [2.75, 3.05) is 0 Å². The minimum absolute atomic E-state index is 0.162. The fraction of sp³-hybridized carbons (Fsp3) is 0. The highest BCUT2D eigenvalue weighted by atomic mass is 16.3. The van der Waals surface area contributed by atoms with E-state index in [4.69, 9.17) is 5.26 Å². The summed E-state index contributed by atoms with van der Waals surface area (Å²) in [4.78, 5) is 8.20. The number of nitriles is 1. The van der Waals surface area contributed by atoms with Crippen LogP contribution in [0.1, 0.15) is 5.82 Å². The Hall–Kier alpha value is -2.87. The van der Waals surface area contributed by atoms with E-state index in [0.29, 0.717) is 5.82 Å². The van der Waals surface area contributed by atoms with Gasteiger partial charge in [-0.1, -0.05) is 6.07 Å². The Morgan fingerprint density at radius 3 is 2.89 bits per heavy atom. The van der Waals surface area contributed by atoms with Crippen LogP contribution in [-0.4, -0.2) is 19.6 Å². The molecule has 0 saturated carbocycles. The lowest BCUT2D eigenvalue weighted by Gasteiger charge is -2.07. The summed E-state index contributed by atoms with van der Waals surface area (Å²) in [5.41, 5.74) is 0. The Morgan fingerprint density at radius 2 is 2.06 bits per heavy atom. The maximum atomic E-state index is 9.56. The molecule has 0 aliphatic heterocycles. The van der Waals surface area contributed by atoms with E-state index in [1.807, 2.05) is 12.1 Å². The lowest BCUT2D eigenvalue weighted by molar-refractivity contribution is 0.476. The Kier molecular flexibility index (Phi) is 2.21. The van der Waals surface area contributed by atoms with Gasteiger partial charge in [-0.3, -0.25) is 4.57 Å². The standard InChI is InChI=1S/C13H8N4O/c14-8-12-15-5-6-17(12)13-11-7-10(18)2-1-9(11)3-4-16-13/h1-7,18H. The smallest absolute Gasteiger partial charge is 0.218 e. The van der Waals surface area contributed by atoms with Gasteiger partial charge in [0, 0.05) is 24.0 Å². The van der Waals surface area contributed by atoms with Crippen LogP contribution in [0, 0.1) is 11.3 Å². The molecule has 3 aromatic rings. The molecule has 1 aromatic carbocycles. The molecule has 5 heteroatoms. The number of aromatic hydroxyl groups is 1. The van der Waals surface area contributed by atoms with Gasteiger partial charge < -0.3 is 5.11 Å². The zero-order chi connectivity index (χ0) is 12.5. The Labute approximate surface area is 103 Å². The van der Waals surface area contributed by atoms with Crippen molar-refractivity contribution >= 4 is 10.8 Å². The highest BCUT2D eigenvalue weighted by molar-refractivity contribution is 5.89. The number of hydrogen-bond donors (Lipinski definition) is 1. The number of pyridine rings is 1. The van der Waals surface area contributed by atoms with Crippen LogP contribution in [0.2, 0.25) is 0 Å². The first-order chi connectivity index (χ1) is 8.79. The molecule has 86 valence electrons. The topological polar surface area (TPSA) is 74.7 Å². The molecule has 2 heterocycles. The van der Waals surface area contributed by atoms with Gasteiger partial charge in [0.05, 0.1) is 0 Å². The average Bonchev–Trinajstić information content (AvgIpc) is 2.86. The Morgan fingerprint density at radius 1 is 1.17 bits per heavy atom. The van der Waals surface area contributed by atoms with Crippen LogP contribution in [0.25, 0.3) is 16.6 Å². The van der Waals surface area contributed by atoms with Gasteiger partial charge >= 0.3 is 0 Å². The molecule has 0 amide bonds. The number of phenols is 1. The van der Waals surface area contributed by atoms with Crippen LogP contribution in [-0.2, 0) is 0 Å². The van der Waals surface area contributed by atoms with Crippen LogP contribution in [0.5, 0.6) is 5.75 Å². The number of hydrogen-bond acceptors (Lipinski definition) is 4. The van der Waals surface area contributed by atoms with Crippen molar-refractivity contribution in [2.24, 2.45) is 0 Å². The summed E-state index contributed by atoms with van der Waals surface area (Å²) >= 11 is 0. The second kappa shape index (κ2) is 3.86. The van der Waals surface area contributed by atoms with E-state index in [0.717, 1.165) is 10.8 Å². The quantitative estimate of drug-likeness (QED) is 0.701. The molecule has 18 heavy (non-hydrogen) atoms. The normalized spacial score (nSPS) is 10.4. The first-order valence-corrected chi connectivity index (χ1v) is 5.31. The minimum Gasteiger partial charge on any atom is -0.508 e. The summed E-state index contributed by atoms with van der Waals surface area (Å²) < 4.78 is 1.60. The number of benzene rings is 1. The molecular weight excluding hydrogens is 228 g/mol. The maximum absolute atomic E-state index is 9.56. The summed E-state index contributed by atoms with van der Waals surface area (Å²) in [7, 11) is 0. The lowest BCUT2D eigenvalue weighted by Crippen LogP contribution is -2.00. The van der Waals surface area contributed by atoms with Gasteiger partial charge in [-0.15, -0.1) is 0 Å². The third kappa shape index (κ3) is 1.48. The molecule has 1 N–H and O–H groups in total. The van der Waals surface area contributed by atoms with Gasteiger partial charge in [-0.2, -0.15) is 5.26 Å². The van der Waals surface area contributed by atoms with Crippen molar-refractivity contribution in [1.29, 1.82) is 5.26 Å². The first kappa shape index (κ1) is 10.3. The van der Waals surface area contributed by atoms with Gasteiger partial charge in [0.25, 0.3) is 0 Å². The van der Waals surface area contributed by atoms with Gasteiger partial charge in [-0.25, -0.2) is 9.97 Å². The van der Waals surface area contributed by atoms with Crippen molar-refractivity contribution < 1.29 is 5.11 Å². The summed E-state index contributed by atoms with van der Waals surface area (Å²) in [6, 6.07) is 8.90. The van der Waals surface area contributed by atoms with Crippen molar-refractivity contribution in [3.63, 3.8) is 0 Å². The molecule has 0 radical (unpaired) electrons. The van der Waals surface area contributed by atoms with E-state index in [9.17, 15) is 5.11 Å². The molecule has 0 spiro atoms. The monoisotopic (exact) mass is 236 g/mol. The van der Waals surface area contributed by atoms with Crippen LogP contribution in [0.15, 0.2) is 42.9 Å². The largest absolute Gasteiger partial charge is 0.508 e. The predicted octanol–water partition coefficient (Wildman–Crippen LogP) is 2.00. The summed E-state index contributed by atoms with van der Waals surface area (Å²) in [5, 5.41) is 20.3. The van der Waals surface area contributed by atoms with Gasteiger partial charge in [-0.05, 0) is 23.6 Å². The summed E-state index contributed by atoms with van der Waals surface area (Å²) in [6.45, 7) is 0. The number of aromatic nitrogens is 3. The molecule has 3 rings (SSSR count). The predicted molar refractivity (Wildman–Crippen MR) is 65.2 cm³/mol. The summed E-state index contributed by atoms with van der Waals surface area (Å²) in [6.07, 6.45) is 4.88. The zero-order valence-corrected chi connectivity index (χ0v) is 9.28. The van der Waals surface area contributed by atoms with Crippen molar-refractivity contribution in [2.45, 2.75) is 0 Å². The van der Waals surface area contributed by atoms with Gasteiger partial charge in [0.15, 0.2) is 0 Å². The van der Waals surface area contributed by atoms with E-state index in [1.54, 1.807) is 41.4 Å². The van der Waals surface area contributed by atoms with Gasteiger partial charge in [0.1, 0.15) is 17.6 Å². The molecule has 0 fully saturated rings. The Balaban J connectivity index is 2.36. The van der Waals surface area contributed by atoms with E-state index in [-0.39, 0.29) is 11.6 Å². The van der Waals surface area contributed by atoms with Crippen LogP contribution < -0.4 is 0 Å². The third-order valence-corrected chi connectivity index (χ3v) is 2.70. The molecule has 0 unspecified atom stereocenters. The minimum atomic E-state index is 0.162. The molecule has 0 aliphatic rings.